The first kappa shape index (κ1) is 9.38. The van der Waals surface area contributed by atoms with Gasteiger partial charge in [0.15, 0.2) is 4.69 Å². The van der Waals surface area contributed by atoms with Crippen molar-refractivity contribution >= 4 is 20.6 Å². The molecule has 0 aromatic heterocycles. The van der Waals surface area contributed by atoms with Gasteiger partial charge in [-0.25, -0.2) is 0 Å². The molecule has 0 aromatic carbocycles. The second-order valence-corrected chi connectivity index (χ2v) is 6.83. The fourth-order valence-electron chi connectivity index (χ4n) is 4.80. The van der Waals surface area contributed by atoms with Gasteiger partial charge in [-0.15, -0.1) is 0 Å². The van der Waals surface area contributed by atoms with E-state index < -0.39 is 0 Å². The fourth-order valence-corrected chi connectivity index (χ4v) is 5.40. The highest BCUT2D eigenvalue weighted by molar-refractivity contribution is 9.18. The molecule has 0 atom stereocenters. The minimum atomic E-state index is 0.236. The molecule has 0 aliphatic heterocycles. The second-order valence-electron chi connectivity index (χ2n) is 5.95. The Kier molecular flexibility index (Phi) is 2.06. The maximum absolute atomic E-state index is 11.2. The summed E-state index contributed by atoms with van der Waals surface area (Å²) in [6, 6.07) is 0. The van der Waals surface area contributed by atoms with Gasteiger partial charge in [-0.1, -0.05) is 0 Å². The van der Waals surface area contributed by atoms with Crippen LogP contribution in [0, 0.1) is 23.2 Å². The molecular formula is C12H17BrO. The standard InChI is InChI=1S/C12H17BrO/c13-11(14)7-12-4-8-1-9(5-12)3-10(2-8)6-12/h8-10H,1-7H2. The normalized spacial score (nSPS) is 49.6. The third kappa shape index (κ3) is 1.46. The van der Waals surface area contributed by atoms with Crippen LogP contribution in [0.3, 0.4) is 0 Å². The summed E-state index contributed by atoms with van der Waals surface area (Å²) in [5.74, 6) is 2.90. The molecular weight excluding hydrogens is 240 g/mol. The zero-order valence-electron chi connectivity index (χ0n) is 8.47. The summed E-state index contributed by atoms with van der Waals surface area (Å²) in [5.41, 5.74) is 0.426. The van der Waals surface area contributed by atoms with Gasteiger partial charge < -0.3 is 0 Å². The molecule has 4 bridgehead atoms. The topological polar surface area (TPSA) is 17.1 Å². The lowest BCUT2D eigenvalue weighted by Gasteiger charge is -2.56. The molecule has 4 saturated carbocycles. The van der Waals surface area contributed by atoms with E-state index in [4.69, 9.17) is 0 Å². The first-order valence-electron chi connectivity index (χ1n) is 5.84. The smallest absolute Gasteiger partial charge is 0.198 e. The number of carbonyl (C=O) groups is 1. The monoisotopic (exact) mass is 256 g/mol. The Morgan fingerprint density at radius 3 is 1.86 bits per heavy atom. The van der Waals surface area contributed by atoms with Crippen molar-refractivity contribution in [3.8, 4) is 0 Å². The lowest BCUT2D eigenvalue weighted by Crippen LogP contribution is -2.46. The van der Waals surface area contributed by atoms with Gasteiger partial charge in [-0.05, 0) is 77.6 Å². The third-order valence-electron chi connectivity index (χ3n) is 4.68. The van der Waals surface area contributed by atoms with Crippen LogP contribution in [0.1, 0.15) is 44.9 Å². The van der Waals surface area contributed by atoms with Crippen LogP contribution < -0.4 is 0 Å². The Labute approximate surface area is 93.8 Å². The maximum Gasteiger partial charge on any atom is 0.198 e. The van der Waals surface area contributed by atoms with Crippen molar-refractivity contribution in [2.24, 2.45) is 23.2 Å². The molecule has 0 saturated heterocycles. The molecule has 4 aliphatic rings. The zero-order valence-corrected chi connectivity index (χ0v) is 10.1. The van der Waals surface area contributed by atoms with Crippen LogP contribution in [0.5, 0.6) is 0 Å². The van der Waals surface area contributed by atoms with Gasteiger partial charge in [0.1, 0.15) is 0 Å². The predicted molar refractivity (Wildman–Crippen MR) is 59.2 cm³/mol. The first-order chi connectivity index (χ1) is 6.65. The van der Waals surface area contributed by atoms with Crippen LogP contribution in [0.25, 0.3) is 0 Å². The summed E-state index contributed by atoms with van der Waals surface area (Å²) in [4.78, 5) is 11.2. The Balaban J connectivity index is 1.83. The highest BCUT2D eigenvalue weighted by Gasteiger charge is 2.51. The number of rotatable bonds is 2. The molecule has 0 spiro atoms. The lowest BCUT2D eigenvalue weighted by molar-refractivity contribution is -0.118. The van der Waals surface area contributed by atoms with Crippen LogP contribution in [0.15, 0.2) is 0 Å². The molecule has 14 heavy (non-hydrogen) atoms. The molecule has 4 aliphatic carbocycles. The first-order valence-corrected chi connectivity index (χ1v) is 6.63. The van der Waals surface area contributed by atoms with Crippen LogP contribution in [-0.2, 0) is 4.79 Å². The van der Waals surface area contributed by atoms with Crippen molar-refractivity contribution in [2.45, 2.75) is 44.9 Å². The van der Waals surface area contributed by atoms with Crippen molar-refractivity contribution in [1.82, 2.24) is 0 Å². The van der Waals surface area contributed by atoms with E-state index in [9.17, 15) is 4.79 Å². The fraction of sp³-hybridized carbons (Fsp3) is 0.917. The highest BCUT2D eigenvalue weighted by Crippen LogP contribution is 2.61. The minimum absolute atomic E-state index is 0.236. The summed E-state index contributed by atoms with van der Waals surface area (Å²) in [7, 11) is 0. The van der Waals surface area contributed by atoms with Gasteiger partial charge in [-0.3, -0.25) is 4.79 Å². The van der Waals surface area contributed by atoms with E-state index >= 15 is 0 Å². The summed E-state index contributed by atoms with van der Waals surface area (Å²) in [5, 5.41) is 0. The quantitative estimate of drug-likeness (QED) is 0.692. The maximum atomic E-state index is 11.2. The summed E-state index contributed by atoms with van der Waals surface area (Å²) >= 11 is 3.13. The van der Waals surface area contributed by atoms with Gasteiger partial charge in [0.05, 0.1) is 0 Å². The van der Waals surface area contributed by atoms with Crippen molar-refractivity contribution in [1.29, 1.82) is 0 Å². The van der Waals surface area contributed by atoms with Crippen LogP contribution in [-0.4, -0.2) is 4.69 Å². The highest BCUT2D eigenvalue weighted by atomic mass is 79.9. The summed E-state index contributed by atoms with van der Waals surface area (Å²) < 4.78 is 0.236. The third-order valence-corrected chi connectivity index (χ3v) is 4.96. The molecule has 0 amide bonds. The zero-order chi connectivity index (χ0) is 9.76. The van der Waals surface area contributed by atoms with Gasteiger partial charge in [0.2, 0.25) is 0 Å². The molecule has 0 heterocycles. The Bertz CT molecular complexity index is 236. The lowest BCUT2D eigenvalue weighted by atomic mass is 9.49. The molecule has 4 fully saturated rings. The van der Waals surface area contributed by atoms with Crippen molar-refractivity contribution in [2.75, 3.05) is 0 Å². The van der Waals surface area contributed by atoms with E-state index in [1.807, 2.05) is 0 Å². The second kappa shape index (κ2) is 3.07. The number of hydrogen-bond donors (Lipinski definition) is 0. The van der Waals surface area contributed by atoms with Gasteiger partial charge in [0, 0.05) is 6.42 Å². The molecule has 1 nitrogen and oxygen atoms in total. The van der Waals surface area contributed by atoms with Crippen molar-refractivity contribution < 1.29 is 4.79 Å². The van der Waals surface area contributed by atoms with Gasteiger partial charge in [0.25, 0.3) is 0 Å². The predicted octanol–water partition coefficient (Wildman–Crippen LogP) is 3.51. The molecule has 78 valence electrons. The largest absolute Gasteiger partial charge is 0.287 e. The van der Waals surface area contributed by atoms with E-state index in [1.54, 1.807) is 0 Å². The average Bonchev–Trinajstić information content (AvgIpc) is 1.96. The number of hydrogen-bond acceptors (Lipinski definition) is 1. The van der Waals surface area contributed by atoms with Crippen molar-refractivity contribution in [3.05, 3.63) is 0 Å². The minimum Gasteiger partial charge on any atom is -0.287 e. The Hall–Kier alpha value is 0.150. The molecule has 0 aromatic rings. The van der Waals surface area contributed by atoms with Crippen LogP contribution in [0.4, 0.5) is 0 Å². The van der Waals surface area contributed by atoms with Crippen LogP contribution >= 0.6 is 15.9 Å². The van der Waals surface area contributed by atoms with Crippen LogP contribution in [0.2, 0.25) is 0 Å². The van der Waals surface area contributed by atoms with Crippen molar-refractivity contribution in [3.63, 3.8) is 0 Å². The summed E-state index contributed by atoms with van der Waals surface area (Å²) in [6.45, 7) is 0. The SMILES string of the molecule is O=C(Br)CC12CC3CC(CC(C3)C1)C2. The Morgan fingerprint density at radius 1 is 1.07 bits per heavy atom. The Morgan fingerprint density at radius 2 is 1.50 bits per heavy atom. The molecule has 0 radical (unpaired) electrons. The average molecular weight is 257 g/mol. The molecule has 2 heteroatoms. The molecule has 4 rings (SSSR count). The molecule has 0 N–H and O–H groups in total. The van der Waals surface area contributed by atoms with E-state index in [0.717, 1.165) is 24.2 Å². The van der Waals surface area contributed by atoms with E-state index in [2.05, 4.69) is 15.9 Å². The van der Waals surface area contributed by atoms with Gasteiger partial charge in [-0.2, -0.15) is 0 Å². The molecule has 0 unspecified atom stereocenters. The number of halogens is 1. The van der Waals surface area contributed by atoms with Gasteiger partial charge >= 0.3 is 0 Å². The van der Waals surface area contributed by atoms with E-state index in [0.29, 0.717) is 5.41 Å². The summed E-state index contributed by atoms with van der Waals surface area (Å²) in [6.07, 6.45) is 9.24. The number of carbonyl (C=O) groups excluding carboxylic acids is 1. The van der Waals surface area contributed by atoms with E-state index in [-0.39, 0.29) is 4.69 Å². The van der Waals surface area contributed by atoms with E-state index in [1.165, 1.54) is 38.5 Å².